The van der Waals surface area contributed by atoms with Crippen LogP contribution in [0.3, 0.4) is 0 Å². The third-order valence-electron chi connectivity index (χ3n) is 2.81. The van der Waals surface area contributed by atoms with Crippen LogP contribution in [0, 0.1) is 6.92 Å². The summed E-state index contributed by atoms with van der Waals surface area (Å²) in [6.07, 6.45) is 2.12. The van der Waals surface area contributed by atoms with Gasteiger partial charge in [0.25, 0.3) is 0 Å². The Morgan fingerprint density at radius 1 is 0.842 bits per heavy atom. The number of hydrogen-bond acceptors (Lipinski definition) is 0. The molecule has 2 heterocycles. The van der Waals surface area contributed by atoms with Gasteiger partial charge >= 0.3 is 0 Å². The van der Waals surface area contributed by atoms with E-state index >= 15 is 0 Å². The summed E-state index contributed by atoms with van der Waals surface area (Å²) in [5, 5.41) is 2.68. The molecule has 0 amide bonds. The third-order valence-corrected chi connectivity index (χ3v) is 2.81. The average molecular weight is 330 g/mol. The van der Waals surface area contributed by atoms with Crippen molar-refractivity contribution in [2.45, 2.75) is 34.6 Å². The van der Waals surface area contributed by atoms with E-state index in [1.54, 1.807) is 0 Å². The fourth-order valence-electron chi connectivity index (χ4n) is 2.11. The molecule has 0 aliphatic rings. The number of aromatic nitrogens is 1. The van der Waals surface area contributed by atoms with Crippen molar-refractivity contribution in [1.29, 1.82) is 0 Å². The molecule has 1 aromatic carbocycles. The largest absolute Gasteiger partial charge is 0.267 e. The fraction of sp³-hybridized carbons (Fsp3) is 0.294. The minimum absolute atomic E-state index is 0. The summed E-state index contributed by atoms with van der Waals surface area (Å²) in [4.78, 5) is 0. The molecule has 99 valence electrons. The Balaban J connectivity index is 0.000000597. The van der Waals surface area contributed by atoms with E-state index in [-0.39, 0.29) is 32.7 Å². The fourth-order valence-corrected chi connectivity index (χ4v) is 2.11. The van der Waals surface area contributed by atoms with Crippen LogP contribution in [-0.4, -0.2) is 0 Å². The van der Waals surface area contributed by atoms with Crippen LogP contribution < -0.4 is 4.40 Å². The molecule has 2 aromatic heterocycles. The molecule has 0 unspecified atom stereocenters. The standard InChI is InChI=1S/C13H11N.2C2H6.Y/c1-10-11-6-2-3-7-12(11)13-8-4-5-9-14(10)13;2*1-2;/h2-9H,1H3;2*1-2H3;. The molecule has 0 bridgehead atoms. The van der Waals surface area contributed by atoms with Crippen LogP contribution in [-0.2, 0) is 32.7 Å². The Kier molecular flexibility index (Phi) is 8.96. The molecule has 0 spiro atoms. The molecule has 3 rings (SSSR count). The van der Waals surface area contributed by atoms with E-state index in [2.05, 4.69) is 60.0 Å². The van der Waals surface area contributed by atoms with Crippen molar-refractivity contribution in [1.82, 2.24) is 0 Å². The summed E-state index contributed by atoms with van der Waals surface area (Å²) in [5.41, 5.74) is 2.61. The molecule has 0 saturated heterocycles. The van der Waals surface area contributed by atoms with Crippen molar-refractivity contribution < 1.29 is 37.1 Å². The van der Waals surface area contributed by atoms with Gasteiger partial charge in [-0.1, -0.05) is 57.3 Å². The Morgan fingerprint density at radius 3 is 2.11 bits per heavy atom. The number of hydrogen-bond donors (Lipinski definition) is 0. The SMILES string of the molecule is CC.CC.C[c-]1c2ccccc2c2cccc[n+]21.[Y]. The maximum atomic E-state index is 2.24. The van der Waals surface area contributed by atoms with Crippen molar-refractivity contribution in [3.63, 3.8) is 0 Å². The van der Waals surface area contributed by atoms with E-state index in [9.17, 15) is 0 Å². The van der Waals surface area contributed by atoms with Crippen LogP contribution in [0.4, 0.5) is 0 Å². The Bertz CT molecular complexity index is 558. The summed E-state index contributed by atoms with van der Waals surface area (Å²) in [6, 6.07) is 14.9. The molecule has 1 nitrogen and oxygen atoms in total. The molecule has 0 aliphatic heterocycles. The number of rotatable bonds is 0. The van der Waals surface area contributed by atoms with Crippen LogP contribution in [0.25, 0.3) is 16.3 Å². The molecular formula is C17H23NY. The number of aryl methyl sites for hydroxylation is 1. The van der Waals surface area contributed by atoms with Gasteiger partial charge in [-0.15, -0.1) is 6.07 Å². The molecule has 19 heavy (non-hydrogen) atoms. The zero-order valence-electron chi connectivity index (χ0n) is 12.6. The number of pyridine rings is 1. The van der Waals surface area contributed by atoms with Gasteiger partial charge in [-0.2, -0.15) is 0 Å². The van der Waals surface area contributed by atoms with Crippen molar-refractivity contribution in [3.05, 3.63) is 54.4 Å². The topological polar surface area (TPSA) is 4.10 Å². The zero-order valence-corrected chi connectivity index (χ0v) is 15.5. The summed E-state index contributed by atoms with van der Waals surface area (Å²) in [5.74, 6) is 0. The summed E-state index contributed by atoms with van der Waals surface area (Å²) in [6.45, 7) is 10.2. The Morgan fingerprint density at radius 2 is 1.42 bits per heavy atom. The van der Waals surface area contributed by atoms with Gasteiger partial charge in [0, 0.05) is 32.7 Å². The van der Waals surface area contributed by atoms with Crippen molar-refractivity contribution in [2.24, 2.45) is 0 Å². The Labute approximate surface area is 141 Å². The van der Waals surface area contributed by atoms with Gasteiger partial charge in [-0.05, 0) is 24.4 Å². The van der Waals surface area contributed by atoms with Crippen molar-refractivity contribution in [2.75, 3.05) is 0 Å². The van der Waals surface area contributed by atoms with Crippen LogP contribution in [0.2, 0.25) is 0 Å². The monoisotopic (exact) mass is 330 g/mol. The zero-order chi connectivity index (χ0) is 13.5. The van der Waals surface area contributed by atoms with Gasteiger partial charge in [-0.25, -0.2) is 0 Å². The van der Waals surface area contributed by atoms with Crippen LogP contribution >= 0.6 is 0 Å². The van der Waals surface area contributed by atoms with Gasteiger partial charge in [-0.3, -0.25) is 4.40 Å². The molecule has 2 heteroatoms. The quantitative estimate of drug-likeness (QED) is 0.417. The maximum Gasteiger partial charge on any atom is 0.123 e. The molecule has 0 N–H and O–H groups in total. The van der Waals surface area contributed by atoms with Crippen LogP contribution in [0.15, 0.2) is 48.7 Å². The normalized spacial score (nSPS) is 8.89. The van der Waals surface area contributed by atoms with E-state index in [0.717, 1.165) is 0 Å². The minimum Gasteiger partial charge on any atom is -0.267 e. The predicted molar refractivity (Wildman–Crippen MR) is 80.1 cm³/mol. The molecule has 3 aromatic rings. The molecular weight excluding hydrogens is 307 g/mol. The van der Waals surface area contributed by atoms with E-state index in [4.69, 9.17) is 0 Å². The van der Waals surface area contributed by atoms with Gasteiger partial charge in [0.2, 0.25) is 0 Å². The van der Waals surface area contributed by atoms with Crippen LogP contribution in [0.1, 0.15) is 33.4 Å². The first-order valence-electron chi connectivity index (χ1n) is 6.82. The first-order valence-corrected chi connectivity index (χ1v) is 6.82. The molecule has 0 atom stereocenters. The molecule has 0 fully saturated rings. The van der Waals surface area contributed by atoms with Crippen molar-refractivity contribution >= 4 is 16.3 Å². The summed E-state index contributed by atoms with van der Waals surface area (Å²) < 4.78 is 2.24. The van der Waals surface area contributed by atoms with E-state index in [1.165, 1.54) is 22.0 Å². The first-order chi connectivity index (χ1) is 8.88. The third kappa shape index (κ3) is 3.67. The Hall–Kier alpha value is -0.656. The van der Waals surface area contributed by atoms with Gasteiger partial charge in [0.05, 0.1) is 0 Å². The van der Waals surface area contributed by atoms with Gasteiger partial charge in [0.15, 0.2) is 0 Å². The van der Waals surface area contributed by atoms with Crippen LogP contribution in [0.5, 0.6) is 0 Å². The maximum absolute atomic E-state index is 2.24. The number of benzene rings is 1. The number of nitrogens with zero attached hydrogens (tertiary/aromatic N) is 1. The summed E-state index contributed by atoms with van der Waals surface area (Å²) in [7, 11) is 0. The van der Waals surface area contributed by atoms with Crippen molar-refractivity contribution in [3.8, 4) is 0 Å². The minimum atomic E-state index is 0. The van der Waals surface area contributed by atoms with E-state index < -0.39 is 0 Å². The van der Waals surface area contributed by atoms with E-state index in [0.29, 0.717) is 0 Å². The molecule has 0 saturated carbocycles. The average Bonchev–Trinajstić information content (AvgIpc) is 2.78. The second kappa shape index (κ2) is 9.28. The predicted octanol–water partition coefficient (Wildman–Crippen LogP) is 4.66. The van der Waals surface area contributed by atoms with Gasteiger partial charge in [0.1, 0.15) is 17.4 Å². The molecule has 1 radical (unpaired) electrons. The van der Waals surface area contributed by atoms with Gasteiger partial charge < -0.3 is 0 Å². The van der Waals surface area contributed by atoms with E-state index in [1.807, 2.05) is 27.7 Å². The number of fused-ring (bicyclic) bond motifs is 3. The second-order valence-electron chi connectivity index (χ2n) is 3.59. The smallest absolute Gasteiger partial charge is 0.123 e. The molecule has 0 aliphatic carbocycles. The first kappa shape index (κ1) is 18.3. The summed E-state index contributed by atoms with van der Waals surface area (Å²) >= 11 is 0. The second-order valence-corrected chi connectivity index (χ2v) is 3.59.